The molecule has 1 atom stereocenters. The van der Waals surface area contributed by atoms with Crippen molar-refractivity contribution in [1.82, 2.24) is 10.3 Å². The van der Waals surface area contributed by atoms with E-state index in [0.29, 0.717) is 0 Å². The van der Waals surface area contributed by atoms with Gasteiger partial charge in [0.15, 0.2) is 0 Å². The number of sulfonamides is 1. The van der Waals surface area contributed by atoms with Crippen LogP contribution in [0, 0.1) is 11.7 Å². The molecule has 9 heteroatoms. The molecule has 0 fully saturated rings. The molecule has 3 N–H and O–H groups in total. The van der Waals surface area contributed by atoms with Gasteiger partial charge in [-0.3, -0.25) is 9.52 Å². The Bertz CT molecular complexity index is 1060. The Hall–Kier alpha value is -2.65. The second-order valence-corrected chi connectivity index (χ2v) is 9.21. The van der Waals surface area contributed by atoms with Gasteiger partial charge in [0.05, 0.1) is 11.7 Å². The van der Waals surface area contributed by atoms with Crippen LogP contribution < -0.4 is 10.0 Å². The van der Waals surface area contributed by atoms with Gasteiger partial charge in [-0.25, -0.2) is 12.8 Å². The minimum Gasteiger partial charge on any atom is -0.356 e. The zero-order chi connectivity index (χ0) is 20.3. The van der Waals surface area contributed by atoms with Crippen molar-refractivity contribution in [1.29, 1.82) is 0 Å². The predicted octanol–water partition coefficient (Wildman–Crippen LogP) is 4.14. The van der Waals surface area contributed by atoms with Crippen molar-refractivity contribution in [3.05, 3.63) is 70.4 Å². The number of carbonyl (C=O) groups is 1. The molecule has 0 bridgehead atoms. The number of rotatable bonds is 7. The van der Waals surface area contributed by atoms with E-state index in [2.05, 4.69) is 15.0 Å². The van der Waals surface area contributed by atoms with E-state index in [4.69, 9.17) is 0 Å². The molecule has 2 aromatic heterocycles. The predicted molar refractivity (Wildman–Crippen MR) is 107 cm³/mol. The first kappa shape index (κ1) is 20.1. The third kappa shape index (κ3) is 4.42. The zero-order valence-corrected chi connectivity index (χ0v) is 16.9. The Balaban J connectivity index is 1.77. The lowest BCUT2D eigenvalue weighted by Gasteiger charge is -2.20. The molecule has 1 aromatic carbocycles. The van der Waals surface area contributed by atoms with Gasteiger partial charge in [0, 0.05) is 11.1 Å². The lowest BCUT2D eigenvalue weighted by Crippen LogP contribution is -2.31. The number of carbonyl (C=O) groups excluding carboxylic acids is 1. The molecule has 28 heavy (non-hydrogen) atoms. The van der Waals surface area contributed by atoms with Crippen molar-refractivity contribution < 1.29 is 17.6 Å². The molecule has 3 rings (SSSR count). The number of anilines is 1. The average Bonchev–Trinajstić information content (AvgIpc) is 3.33. The summed E-state index contributed by atoms with van der Waals surface area (Å²) in [5.41, 5.74) is -0.0524. The number of thiophene rings is 1. The number of aromatic amines is 1. The third-order valence-corrected chi connectivity index (χ3v) is 6.43. The van der Waals surface area contributed by atoms with Crippen LogP contribution in [0.1, 0.15) is 35.3 Å². The lowest BCUT2D eigenvalue weighted by atomic mass is 10.0. The molecule has 6 nitrogen and oxygen atoms in total. The monoisotopic (exact) mass is 421 g/mol. The van der Waals surface area contributed by atoms with Gasteiger partial charge >= 0.3 is 0 Å². The van der Waals surface area contributed by atoms with E-state index >= 15 is 0 Å². The number of hydrogen-bond acceptors (Lipinski definition) is 4. The van der Waals surface area contributed by atoms with Gasteiger partial charge in [-0.05, 0) is 35.6 Å². The van der Waals surface area contributed by atoms with Crippen molar-refractivity contribution in [3.63, 3.8) is 0 Å². The molecule has 148 valence electrons. The first-order chi connectivity index (χ1) is 13.3. The summed E-state index contributed by atoms with van der Waals surface area (Å²) in [6.45, 7) is 3.99. The van der Waals surface area contributed by atoms with E-state index in [1.807, 2.05) is 31.4 Å². The maximum Gasteiger partial charge on any atom is 0.268 e. The molecule has 0 aliphatic heterocycles. The highest BCUT2D eigenvalue weighted by Crippen LogP contribution is 2.26. The molecule has 1 amide bonds. The van der Waals surface area contributed by atoms with Crippen molar-refractivity contribution in [2.24, 2.45) is 5.92 Å². The van der Waals surface area contributed by atoms with Gasteiger partial charge in [-0.1, -0.05) is 32.0 Å². The number of halogens is 1. The largest absolute Gasteiger partial charge is 0.356 e. The number of benzene rings is 1. The average molecular weight is 422 g/mol. The molecule has 0 saturated heterocycles. The van der Waals surface area contributed by atoms with E-state index in [9.17, 15) is 17.6 Å². The van der Waals surface area contributed by atoms with Crippen LogP contribution >= 0.6 is 11.3 Å². The zero-order valence-electron chi connectivity index (χ0n) is 15.3. The van der Waals surface area contributed by atoms with Crippen LogP contribution in [0.25, 0.3) is 0 Å². The van der Waals surface area contributed by atoms with E-state index in [0.717, 1.165) is 10.9 Å². The van der Waals surface area contributed by atoms with Gasteiger partial charge in [0.2, 0.25) is 0 Å². The normalized spacial score (nSPS) is 12.7. The van der Waals surface area contributed by atoms with Crippen LogP contribution in [-0.2, 0) is 10.0 Å². The van der Waals surface area contributed by atoms with E-state index in [1.54, 1.807) is 11.3 Å². The number of para-hydroxylation sites is 1. The summed E-state index contributed by atoms with van der Waals surface area (Å²) in [5.74, 6) is -0.946. The Morgan fingerprint density at radius 3 is 2.57 bits per heavy atom. The van der Waals surface area contributed by atoms with Crippen molar-refractivity contribution in [2.45, 2.75) is 24.8 Å². The summed E-state index contributed by atoms with van der Waals surface area (Å²) in [7, 11) is -4.04. The molecule has 3 aromatic rings. The lowest BCUT2D eigenvalue weighted by molar-refractivity contribution is 0.0922. The highest BCUT2D eigenvalue weighted by Gasteiger charge is 2.23. The summed E-state index contributed by atoms with van der Waals surface area (Å²) < 4.78 is 40.9. The first-order valence-corrected chi connectivity index (χ1v) is 10.9. The molecule has 0 saturated carbocycles. The number of nitrogens with one attached hydrogen (secondary N) is 3. The maximum atomic E-state index is 13.7. The van der Waals surface area contributed by atoms with Gasteiger partial charge < -0.3 is 10.3 Å². The van der Waals surface area contributed by atoms with Crippen molar-refractivity contribution >= 4 is 33.0 Å². The summed E-state index contributed by atoms with van der Waals surface area (Å²) in [6.07, 6.45) is 1.20. The van der Waals surface area contributed by atoms with Gasteiger partial charge in [-0.15, -0.1) is 11.3 Å². The Morgan fingerprint density at radius 2 is 1.93 bits per heavy atom. The molecule has 0 radical (unpaired) electrons. The van der Waals surface area contributed by atoms with Gasteiger partial charge in [0.1, 0.15) is 16.4 Å². The highest BCUT2D eigenvalue weighted by atomic mass is 32.2. The Labute approximate surface area is 166 Å². The fourth-order valence-electron chi connectivity index (χ4n) is 2.66. The van der Waals surface area contributed by atoms with Gasteiger partial charge in [-0.2, -0.15) is 0 Å². The number of H-pyrrole nitrogens is 1. The number of hydrogen-bond donors (Lipinski definition) is 3. The molecular weight excluding hydrogens is 401 g/mol. The number of amides is 1. The molecular formula is C19H20FN3O3S2. The van der Waals surface area contributed by atoms with E-state index in [-0.39, 0.29) is 28.2 Å². The Morgan fingerprint density at radius 1 is 1.18 bits per heavy atom. The van der Waals surface area contributed by atoms with E-state index in [1.165, 1.54) is 30.5 Å². The second kappa shape index (κ2) is 8.15. The number of aromatic nitrogens is 1. The summed E-state index contributed by atoms with van der Waals surface area (Å²) in [6, 6.07) is 10.4. The van der Waals surface area contributed by atoms with Crippen LogP contribution in [0.5, 0.6) is 0 Å². The third-order valence-electron chi connectivity index (χ3n) is 4.13. The summed E-state index contributed by atoms with van der Waals surface area (Å²) in [4.78, 5) is 16.1. The SMILES string of the molecule is CC(C)[C@H](NC(=O)c1cc(S(=O)(=O)Nc2ccccc2F)c[nH]1)c1cccs1. The van der Waals surface area contributed by atoms with Crippen LogP contribution in [0.15, 0.2) is 58.9 Å². The van der Waals surface area contributed by atoms with E-state index < -0.39 is 21.7 Å². The minimum absolute atomic E-state index is 0.108. The maximum absolute atomic E-state index is 13.7. The fraction of sp³-hybridized carbons (Fsp3) is 0.211. The smallest absolute Gasteiger partial charge is 0.268 e. The van der Waals surface area contributed by atoms with Crippen LogP contribution in [0.4, 0.5) is 10.1 Å². The minimum atomic E-state index is -4.04. The molecule has 0 unspecified atom stereocenters. The molecule has 0 aliphatic carbocycles. The Kier molecular flexibility index (Phi) is 5.85. The highest BCUT2D eigenvalue weighted by molar-refractivity contribution is 7.92. The topological polar surface area (TPSA) is 91.1 Å². The quantitative estimate of drug-likeness (QED) is 0.535. The van der Waals surface area contributed by atoms with Crippen LogP contribution in [-0.4, -0.2) is 19.3 Å². The first-order valence-electron chi connectivity index (χ1n) is 8.58. The molecule has 2 heterocycles. The molecule has 0 aliphatic rings. The molecule has 0 spiro atoms. The van der Waals surface area contributed by atoms with Gasteiger partial charge in [0.25, 0.3) is 15.9 Å². The van der Waals surface area contributed by atoms with Crippen molar-refractivity contribution in [2.75, 3.05) is 4.72 Å². The standard InChI is InChI=1S/C19H20FN3O3S2/c1-12(2)18(17-8-5-9-27-17)22-19(24)16-10-13(11-21-16)28(25,26)23-15-7-4-3-6-14(15)20/h3-12,18,21,23H,1-2H3,(H,22,24)/t18-/m0/s1. The van der Waals surface area contributed by atoms with Crippen molar-refractivity contribution in [3.8, 4) is 0 Å². The van der Waals surface area contributed by atoms with Crippen LogP contribution in [0.3, 0.4) is 0 Å². The summed E-state index contributed by atoms with van der Waals surface area (Å²) in [5, 5.41) is 4.86. The fourth-order valence-corrected chi connectivity index (χ4v) is 4.67. The summed E-state index contributed by atoms with van der Waals surface area (Å²) >= 11 is 1.54. The van der Waals surface area contributed by atoms with Crippen LogP contribution in [0.2, 0.25) is 0 Å². The second-order valence-electron chi connectivity index (χ2n) is 6.54.